The molecule has 3 atom stereocenters. The largest absolute Gasteiger partial charge is 0.314 e. The van der Waals surface area contributed by atoms with Gasteiger partial charge in [-0.2, -0.15) is 0 Å². The normalized spacial score (nSPS) is 22.4. The lowest BCUT2D eigenvalue weighted by Crippen LogP contribution is -2.42. The van der Waals surface area contributed by atoms with Crippen LogP contribution in [0.25, 0.3) is 0 Å². The van der Waals surface area contributed by atoms with E-state index in [9.17, 15) is 0 Å². The van der Waals surface area contributed by atoms with E-state index in [1.165, 1.54) is 37.8 Å². The van der Waals surface area contributed by atoms with Gasteiger partial charge in [0.15, 0.2) is 0 Å². The van der Waals surface area contributed by atoms with E-state index >= 15 is 0 Å². The molecule has 0 bridgehead atoms. The van der Waals surface area contributed by atoms with Crippen molar-refractivity contribution in [3.05, 3.63) is 34.3 Å². The second kappa shape index (κ2) is 8.16. The van der Waals surface area contributed by atoms with Crippen LogP contribution in [-0.2, 0) is 6.42 Å². The lowest BCUT2D eigenvalue weighted by atomic mass is 9.98. The number of nitrogens with one attached hydrogen (secondary N) is 2. The van der Waals surface area contributed by atoms with Gasteiger partial charge >= 0.3 is 0 Å². The highest BCUT2D eigenvalue weighted by molar-refractivity contribution is 9.10. The third-order valence-corrected chi connectivity index (χ3v) is 4.60. The Labute approximate surface area is 131 Å². The van der Waals surface area contributed by atoms with Gasteiger partial charge in [-0.1, -0.05) is 34.5 Å². The lowest BCUT2D eigenvalue weighted by molar-refractivity contribution is 0.332. The van der Waals surface area contributed by atoms with Gasteiger partial charge in [0, 0.05) is 22.6 Å². The van der Waals surface area contributed by atoms with E-state index < -0.39 is 0 Å². The first kappa shape index (κ1) is 16.0. The highest BCUT2D eigenvalue weighted by atomic mass is 79.9. The van der Waals surface area contributed by atoms with Crippen molar-refractivity contribution in [2.24, 2.45) is 0 Å². The molecule has 1 heterocycles. The molecular formula is C17H27BrN2. The number of benzene rings is 1. The molecule has 2 nitrogen and oxygen atoms in total. The fraction of sp³-hybridized carbons (Fsp3) is 0.647. The van der Waals surface area contributed by atoms with Crippen molar-refractivity contribution in [1.82, 2.24) is 10.6 Å². The molecule has 1 aromatic rings. The van der Waals surface area contributed by atoms with Crippen molar-refractivity contribution in [3.8, 4) is 0 Å². The van der Waals surface area contributed by atoms with Gasteiger partial charge in [0.05, 0.1) is 0 Å². The molecular weight excluding hydrogens is 312 g/mol. The van der Waals surface area contributed by atoms with E-state index in [2.05, 4.69) is 64.7 Å². The molecule has 0 aromatic heterocycles. The quantitative estimate of drug-likeness (QED) is 0.822. The van der Waals surface area contributed by atoms with E-state index in [1.807, 2.05) is 0 Å². The van der Waals surface area contributed by atoms with E-state index in [0.717, 1.165) is 10.9 Å². The summed E-state index contributed by atoms with van der Waals surface area (Å²) in [5.41, 5.74) is 1.40. The molecule has 112 valence electrons. The molecule has 3 heteroatoms. The summed E-state index contributed by atoms with van der Waals surface area (Å²) in [6.45, 7) is 5.80. The average molecular weight is 339 g/mol. The third-order valence-electron chi connectivity index (χ3n) is 4.07. The van der Waals surface area contributed by atoms with Crippen LogP contribution in [0.5, 0.6) is 0 Å². The maximum atomic E-state index is 3.74. The number of rotatable bonds is 6. The fourth-order valence-corrected chi connectivity index (χ4v) is 3.40. The maximum absolute atomic E-state index is 3.74. The molecule has 20 heavy (non-hydrogen) atoms. The van der Waals surface area contributed by atoms with Gasteiger partial charge in [-0.15, -0.1) is 0 Å². The third kappa shape index (κ3) is 5.55. The number of hydrogen-bond donors (Lipinski definition) is 2. The van der Waals surface area contributed by atoms with Crippen LogP contribution in [-0.4, -0.2) is 24.7 Å². The van der Waals surface area contributed by atoms with Crippen molar-refractivity contribution >= 4 is 15.9 Å². The standard InChI is InChI=1S/C17H27BrN2/c1-13(11-15-6-8-16(18)9-7-15)20-14(2)12-17-5-3-4-10-19-17/h6-9,13-14,17,19-20H,3-5,10-12H2,1-2H3. The monoisotopic (exact) mass is 338 g/mol. The van der Waals surface area contributed by atoms with E-state index in [-0.39, 0.29) is 0 Å². The Balaban J connectivity index is 1.72. The van der Waals surface area contributed by atoms with Crippen molar-refractivity contribution in [2.45, 2.75) is 64.1 Å². The van der Waals surface area contributed by atoms with Crippen LogP contribution in [0.4, 0.5) is 0 Å². The van der Waals surface area contributed by atoms with Crippen LogP contribution >= 0.6 is 15.9 Å². The van der Waals surface area contributed by atoms with E-state index in [1.54, 1.807) is 0 Å². The summed E-state index contributed by atoms with van der Waals surface area (Å²) in [5.74, 6) is 0. The predicted molar refractivity (Wildman–Crippen MR) is 90.2 cm³/mol. The zero-order chi connectivity index (χ0) is 14.4. The molecule has 2 rings (SSSR count). The summed E-state index contributed by atoms with van der Waals surface area (Å²) in [6.07, 6.45) is 6.41. The molecule has 1 aliphatic heterocycles. The molecule has 3 unspecified atom stereocenters. The van der Waals surface area contributed by atoms with Gasteiger partial charge in [-0.25, -0.2) is 0 Å². The van der Waals surface area contributed by atoms with Gasteiger partial charge in [0.1, 0.15) is 0 Å². The summed E-state index contributed by atoms with van der Waals surface area (Å²) in [7, 11) is 0. The topological polar surface area (TPSA) is 24.1 Å². The average Bonchev–Trinajstić information content (AvgIpc) is 2.42. The Bertz CT molecular complexity index is 384. The Morgan fingerprint density at radius 3 is 2.60 bits per heavy atom. The summed E-state index contributed by atoms with van der Waals surface area (Å²) >= 11 is 3.48. The molecule has 0 spiro atoms. The summed E-state index contributed by atoms with van der Waals surface area (Å²) in [5, 5.41) is 7.37. The molecule has 1 aliphatic rings. The second-order valence-corrected chi connectivity index (χ2v) is 7.10. The molecule has 2 N–H and O–H groups in total. The minimum absolute atomic E-state index is 0.523. The molecule has 1 fully saturated rings. The fourth-order valence-electron chi connectivity index (χ4n) is 3.14. The molecule has 0 radical (unpaired) electrons. The predicted octanol–water partition coefficient (Wildman–Crippen LogP) is 3.89. The molecule has 1 aromatic carbocycles. The molecule has 0 aliphatic carbocycles. The van der Waals surface area contributed by atoms with E-state index in [4.69, 9.17) is 0 Å². The maximum Gasteiger partial charge on any atom is 0.0175 e. The number of piperidine rings is 1. The Morgan fingerprint density at radius 1 is 1.20 bits per heavy atom. The lowest BCUT2D eigenvalue weighted by Gasteiger charge is -2.28. The summed E-state index contributed by atoms with van der Waals surface area (Å²) in [4.78, 5) is 0. The Hall–Kier alpha value is -0.380. The highest BCUT2D eigenvalue weighted by Gasteiger charge is 2.16. The van der Waals surface area contributed by atoms with Gasteiger partial charge in [-0.05, 0) is 63.8 Å². The van der Waals surface area contributed by atoms with Crippen LogP contribution in [0.1, 0.15) is 45.1 Å². The molecule has 1 saturated heterocycles. The first-order valence-corrected chi connectivity index (χ1v) is 8.66. The Morgan fingerprint density at radius 2 is 1.95 bits per heavy atom. The van der Waals surface area contributed by atoms with Gasteiger partial charge in [-0.3, -0.25) is 0 Å². The van der Waals surface area contributed by atoms with Gasteiger partial charge < -0.3 is 10.6 Å². The highest BCUT2D eigenvalue weighted by Crippen LogP contribution is 2.14. The van der Waals surface area contributed by atoms with Crippen LogP contribution in [0.15, 0.2) is 28.7 Å². The minimum atomic E-state index is 0.523. The summed E-state index contributed by atoms with van der Waals surface area (Å²) in [6, 6.07) is 10.5. The zero-order valence-corrected chi connectivity index (χ0v) is 14.2. The molecule has 0 amide bonds. The van der Waals surface area contributed by atoms with Crippen LogP contribution < -0.4 is 10.6 Å². The van der Waals surface area contributed by atoms with Crippen molar-refractivity contribution in [1.29, 1.82) is 0 Å². The van der Waals surface area contributed by atoms with Crippen LogP contribution in [0.2, 0.25) is 0 Å². The first-order chi connectivity index (χ1) is 9.63. The van der Waals surface area contributed by atoms with Crippen molar-refractivity contribution in [2.75, 3.05) is 6.54 Å². The van der Waals surface area contributed by atoms with Crippen molar-refractivity contribution < 1.29 is 0 Å². The van der Waals surface area contributed by atoms with Gasteiger partial charge in [0.2, 0.25) is 0 Å². The van der Waals surface area contributed by atoms with Crippen LogP contribution in [0.3, 0.4) is 0 Å². The van der Waals surface area contributed by atoms with Gasteiger partial charge in [0.25, 0.3) is 0 Å². The first-order valence-electron chi connectivity index (χ1n) is 7.87. The number of halogens is 1. The number of hydrogen-bond acceptors (Lipinski definition) is 2. The van der Waals surface area contributed by atoms with E-state index in [0.29, 0.717) is 18.1 Å². The molecule has 0 saturated carbocycles. The second-order valence-electron chi connectivity index (χ2n) is 6.18. The van der Waals surface area contributed by atoms with Crippen molar-refractivity contribution in [3.63, 3.8) is 0 Å². The minimum Gasteiger partial charge on any atom is -0.314 e. The SMILES string of the molecule is CC(Cc1ccc(Br)cc1)NC(C)CC1CCCCN1. The van der Waals surface area contributed by atoms with Crippen LogP contribution in [0, 0.1) is 0 Å². The summed E-state index contributed by atoms with van der Waals surface area (Å²) < 4.78 is 1.15. The Kier molecular flexibility index (Phi) is 6.53. The smallest absolute Gasteiger partial charge is 0.0175 e. The zero-order valence-electron chi connectivity index (χ0n) is 12.7.